The molecule has 0 spiro atoms. The lowest BCUT2D eigenvalue weighted by Gasteiger charge is -2.12. The first-order chi connectivity index (χ1) is 8.65. The predicted octanol–water partition coefficient (Wildman–Crippen LogP) is 1.80. The summed E-state index contributed by atoms with van der Waals surface area (Å²) in [6.45, 7) is 3.32. The fourth-order valence-electron chi connectivity index (χ4n) is 1.50. The average Bonchev–Trinajstić information content (AvgIpc) is 2.38. The topological polar surface area (TPSA) is 76.4 Å². The third kappa shape index (κ3) is 5.05. The molecule has 1 aromatic carbocycles. The van der Waals surface area contributed by atoms with E-state index >= 15 is 0 Å². The Labute approximate surface area is 108 Å². The number of ether oxygens (including phenoxy) is 1. The Morgan fingerprint density at radius 3 is 2.61 bits per heavy atom. The van der Waals surface area contributed by atoms with Gasteiger partial charge >= 0.3 is 6.03 Å². The lowest BCUT2D eigenvalue weighted by Crippen LogP contribution is -2.32. The summed E-state index contributed by atoms with van der Waals surface area (Å²) in [5.74, 6) is 1.15. The van der Waals surface area contributed by atoms with Crippen molar-refractivity contribution in [2.75, 3.05) is 25.5 Å². The second kappa shape index (κ2) is 7.55. The highest BCUT2D eigenvalue weighted by Crippen LogP contribution is 2.14. The second-order valence-electron chi connectivity index (χ2n) is 4.25. The maximum absolute atomic E-state index is 11.6. The van der Waals surface area contributed by atoms with Gasteiger partial charge in [-0.2, -0.15) is 0 Å². The van der Waals surface area contributed by atoms with Crippen LogP contribution in [0.5, 0.6) is 5.75 Å². The molecule has 0 bridgehead atoms. The number of amides is 2. The molecule has 1 atom stereocenters. The van der Waals surface area contributed by atoms with E-state index in [0.717, 1.165) is 17.9 Å². The Morgan fingerprint density at radius 2 is 2.06 bits per heavy atom. The number of nitrogens with one attached hydrogen (secondary N) is 2. The fourth-order valence-corrected chi connectivity index (χ4v) is 1.50. The summed E-state index contributed by atoms with van der Waals surface area (Å²) in [7, 11) is 1.61. The largest absolute Gasteiger partial charge is 0.497 e. The number of hydrogen-bond acceptors (Lipinski definition) is 3. The zero-order chi connectivity index (χ0) is 13.4. The number of carbonyl (C=O) groups is 1. The molecule has 5 heteroatoms. The van der Waals surface area contributed by atoms with Crippen LogP contribution in [0, 0.1) is 5.92 Å². The Bertz CT molecular complexity index is 365. The summed E-state index contributed by atoms with van der Waals surface area (Å²) < 4.78 is 5.04. The number of hydrogen-bond donors (Lipinski definition) is 3. The first-order valence-corrected chi connectivity index (χ1v) is 6.04. The normalized spacial score (nSPS) is 11.7. The molecule has 0 heterocycles. The van der Waals surface area contributed by atoms with Crippen molar-refractivity contribution in [2.24, 2.45) is 11.7 Å². The zero-order valence-corrected chi connectivity index (χ0v) is 10.9. The molecule has 0 radical (unpaired) electrons. The van der Waals surface area contributed by atoms with Crippen LogP contribution in [0.4, 0.5) is 10.5 Å². The molecule has 1 rings (SSSR count). The Balaban J connectivity index is 2.35. The molecule has 1 unspecified atom stereocenters. The molecule has 0 aliphatic heterocycles. The van der Waals surface area contributed by atoms with Crippen molar-refractivity contribution in [2.45, 2.75) is 13.3 Å². The number of rotatable bonds is 6. The van der Waals surface area contributed by atoms with E-state index in [1.807, 2.05) is 0 Å². The number of carbonyl (C=O) groups excluding carboxylic acids is 1. The van der Waals surface area contributed by atoms with E-state index in [0.29, 0.717) is 19.0 Å². The summed E-state index contributed by atoms with van der Waals surface area (Å²) in [4.78, 5) is 11.6. The molecule has 5 nitrogen and oxygen atoms in total. The fraction of sp³-hybridized carbons (Fsp3) is 0.462. The molecule has 18 heavy (non-hydrogen) atoms. The first kappa shape index (κ1) is 14.3. The first-order valence-electron chi connectivity index (χ1n) is 6.04. The molecule has 0 saturated carbocycles. The predicted molar refractivity (Wildman–Crippen MR) is 72.9 cm³/mol. The second-order valence-corrected chi connectivity index (χ2v) is 4.25. The minimum absolute atomic E-state index is 0.205. The van der Waals surface area contributed by atoms with Crippen molar-refractivity contribution >= 4 is 11.7 Å². The number of methoxy groups -OCH3 is 1. The van der Waals surface area contributed by atoms with Gasteiger partial charge in [0.15, 0.2) is 0 Å². The van der Waals surface area contributed by atoms with E-state index in [4.69, 9.17) is 10.5 Å². The zero-order valence-electron chi connectivity index (χ0n) is 10.9. The van der Waals surface area contributed by atoms with E-state index in [1.165, 1.54) is 0 Å². The van der Waals surface area contributed by atoms with Crippen LogP contribution in [0.1, 0.15) is 13.3 Å². The summed E-state index contributed by atoms with van der Waals surface area (Å²) >= 11 is 0. The third-order valence-electron chi connectivity index (χ3n) is 2.62. The lowest BCUT2D eigenvalue weighted by molar-refractivity contribution is 0.250. The van der Waals surface area contributed by atoms with Crippen molar-refractivity contribution in [3.05, 3.63) is 24.3 Å². The van der Waals surface area contributed by atoms with E-state index in [2.05, 4.69) is 17.6 Å². The molecule has 0 aliphatic carbocycles. The molecule has 1 aromatic rings. The standard InChI is InChI=1S/C13H21N3O2/c1-10(7-8-14)9-15-13(17)16-11-3-5-12(18-2)6-4-11/h3-6,10H,7-9,14H2,1-2H3,(H2,15,16,17). The van der Waals surface area contributed by atoms with Crippen LogP contribution in [0.2, 0.25) is 0 Å². The highest BCUT2D eigenvalue weighted by molar-refractivity contribution is 5.89. The lowest BCUT2D eigenvalue weighted by atomic mass is 10.1. The van der Waals surface area contributed by atoms with E-state index < -0.39 is 0 Å². The smallest absolute Gasteiger partial charge is 0.319 e. The van der Waals surface area contributed by atoms with Crippen LogP contribution in [0.3, 0.4) is 0 Å². The molecular formula is C13H21N3O2. The van der Waals surface area contributed by atoms with Gasteiger partial charge in [-0.05, 0) is 43.1 Å². The van der Waals surface area contributed by atoms with Crippen LogP contribution in [-0.2, 0) is 0 Å². The highest BCUT2D eigenvalue weighted by Gasteiger charge is 2.05. The van der Waals surface area contributed by atoms with Gasteiger partial charge in [0.1, 0.15) is 5.75 Å². The van der Waals surface area contributed by atoms with Crippen molar-refractivity contribution in [3.63, 3.8) is 0 Å². The highest BCUT2D eigenvalue weighted by atomic mass is 16.5. The van der Waals surface area contributed by atoms with Crippen LogP contribution < -0.4 is 21.1 Å². The maximum atomic E-state index is 11.6. The van der Waals surface area contributed by atoms with Gasteiger partial charge < -0.3 is 21.1 Å². The van der Waals surface area contributed by atoms with Crippen LogP contribution in [0.25, 0.3) is 0 Å². The Hall–Kier alpha value is -1.75. The van der Waals surface area contributed by atoms with Gasteiger partial charge in [-0.15, -0.1) is 0 Å². The SMILES string of the molecule is COc1ccc(NC(=O)NCC(C)CCN)cc1. The van der Waals surface area contributed by atoms with Gasteiger partial charge in [0.25, 0.3) is 0 Å². The monoisotopic (exact) mass is 251 g/mol. The van der Waals surface area contributed by atoms with E-state index in [1.54, 1.807) is 31.4 Å². The minimum Gasteiger partial charge on any atom is -0.497 e. The van der Waals surface area contributed by atoms with Crippen LogP contribution in [0.15, 0.2) is 24.3 Å². The number of anilines is 1. The van der Waals surface area contributed by atoms with E-state index in [-0.39, 0.29) is 6.03 Å². The van der Waals surface area contributed by atoms with Gasteiger partial charge in [-0.1, -0.05) is 6.92 Å². The molecule has 0 aromatic heterocycles. The molecule has 0 fully saturated rings. The van der Waals surface area contributed by atoms with Gasteiger partial charge in [-0.3, -0.25) is 0 Å². The summed E-state index contributed by atoms with van der Waals surface area (Å²) in [5.41, 5.74) is 6.18. The van der Waals surface area contributed by atoms with Crippen LogP contribution >= 0.6 is 0 Å². The Kier molecular flexibility index (Phi) is 6.00. The van der Waals surface area contributed by atoms with Crippen molar-refractivity contribution < 1.29 is 9.53 Å². The number of benzene rings is 1. The van der Waals surface area contributed by atoms with Crippen molar-refractivity contribution in [1.82, 2.24) is 5.32 Å². The molecule has 0 aliphatic rings. The molecular weight excluding hydrogens is 230 g/mol. The minimum atomic E-state index is -0.205. The molecule has 100 valence electrons. The average molecular weight is 251 g/mol. The third-order valence-corrected chi connectivity index (χ3v) is 2.62. The van der Waals surface area contributed by atoms with Crippen molar-refractivity contribution in [3.8, 4) is 5.75 Å². The van der Waals surface area contributed by atoms with E-state index in [9.17, 15) is 4.79 Å². The van der Waals surface area contributed by atoms with Gasteiger partial charge in [-0.25, -0.2) is 4.79 Å². The number of nitrogens with two attached hydrogens (primary N) is 1. The molecule has 0 saturated heterocycles. The summed E-state index contributed by atoms with van der Waals surface area (Å²) in [5, 5.41) is 5.56. The van der Waals surface area contributed by atoms with Gasteiger partial charge in [0, 0.05) is 12.2 Å². The molecule has 4 N–H and O–H groups in total. The summed E-state index contributed by atoms with van der Waals surface area (Å²) in [6.07, 6.45) is 0.906. The van der Waals surface area contributed by atoms with Crippen LogP contribution in [-0.4, -0.2) is 26.2 Å². The molecule has 2 amide bonds. The Morgan fingerprint density at radius 1 is 1.39 bits per heavy atom. The van der Waals surface area contributed by atoms with Gasteiger partial charge in [0.2, 0.25) is 0 Å². The quantitative estimate of drug-likeness (QED) is 0.721. The summed E-state index contributed by atoms with van der Waals surface area (Å²) in [6, 6.07) is 6.98. The number of urea groups is 1. The van der Waals surface area contributed by atoms with Crippen molar-refractivity contribution in [1.29, 1.82) is 0 Å². The van der Waals surface area contributed by atoms with Gasteiger partial charge in [0.05, 0.1) is 7.11 Å². The maximum Gasteiger partial charge on any atom is 0.319 e.